The minimum Gasteiger partial charge on any atom is -0.336 e. The van der Waals surface area contributed by atoms with Gasteiger partial charge in [0.15, 0.2) is 0 Å². The Balaban J connectivity index is 1.63. The Kier molecular flexibility index (Phi) is 8.71. The Morgan fingerprint density at radius 2 is 1.04 bits per heavy atom. The zero-order valence-electron chi connectivity index (χ0n) is 14.8. The van der Waals surface area contributed by atoms with Crippen molar-refractivity contribution < 1.29 is 20.0 Å². The highest BCUT2D eigenvalue weighted by Crippen LogP contribution is 2.18. The number of urea groups is 2. The molecule has 8 nitrogen and oxygen atoms in total. The first-order valence-corrected chi connectivity index (χ1v) is 10.0. The molecule has 0 aliphatic heterocycles. The lowest BCUT2D eigenvalue weighted by Gasteiger charge is -2.17. The van der Waals surface area contributed by atoms with Gasteiger partial charge in [0, 0.05) is 22.0 Å². The summed E-state index contributed by atoms with van der Waals surface area (Å²) in [6.45, 7) is 0.662. The highest BCUT2D eigenvalue weighted by atomic mass is 79.9. The molecule has 4 N–H and O–H groups in total. The Bertz CT molecular complexity index is 720. The van der Waals surface area contributed by atoms with Crippen molar-refractivity contribution in [3.05, 3.63) is 57.5 Å². The number of hydrogen-bond donors (Lipinski definition) is 4. The highest BCUT2D eigenvalue weighted by Gasteiger charge is 2.13. The fraction of sp³-hybridized carbons (Fsp3) is 0.222. The lowest BCUT2D eigenvalue weighted by atomic mass is 10.3. The number of benzene rings is 2. The zero-order valence-corrected chi connectivity index (χ0v) is 18.0. The van der Waals surface area contributed by atoms with Gasteiger partial charge in [-0.1, -0.05) is 31.9 Å². The van der Waals surface area contributed by atoms with Crippen LogP contribution in [0.5, 0.6) is 0 Å². The minimum atomic E-state index is -0.636. The smallest absolute Gasteiger partial charge is 0.336 e. The van der Waals surface area contributed by atoms with E-state index in [9.17, 15) is 20.0 Å². The predicted molar refractivity (Wildman–Crippen MR) is 113 cm³/mol. The second-order valence-electron chi connectivity index (χ2n) is 5.75. The van der Waals surface area contributed by atoms with Crippen molar-refractivity contribution in [3.63, 3.8) is 0 Å². The number of unbranched alkanes of at least 4 members (excludes halogenated alkanes) is 1. The molecule has 0 saturated heterocycles. The van der Waals surface area contributed by atoms with Crippen LogP contribution >= 0.6 is 31.9 Å². The van der Waals surface area contributed by atoms with Gasteiger partial charge in [-0.25, -0.2) is 9.59 Å². The summed E-state index contributed by atoms with van der Waals surface area (Å²) in [5.41, 5.74) is 0.702. The molecule has 0 unspecified atom stereocenters. The third-order valence-electron chi connectivity index (χ3n) is 3.68. The molecule has 28 heavy (non-hydrogen) atoms. The Morgan fingerprint density at radius 3 is 1.36 bits per heavy atom. The molecule has 0 saturated carbocycles. The quantitative estimate of drug-likeness (QED) is 0.247. The molecular formula is C18H20Br2N4O4. The standard InChI is InChI=1S/C18H20Br2N4O4/c19-13-3-7-15(8-4-13)23(27)17(25)21-11-1-2-12-22-18(26)24(28)16-9-5-14(20)6-10-16/h3-10,27-28H,1-2,11-12H2,(H,21,25)(H,22,26). The molecule has 0 spiro atoms. The molecular weight excluding hydrogens is 496 g/mol. The Labute approximate surface area is 179 Å². The van der Waals surface area contributed by atoms with E-state index in [2.05, 4.69) is 42.5 Å². The molecule has 0 aliphatic rings. The molecule has 0 aromatic heterocycles. The lowest BCUT2D eigenvalue weighted by molar-refractivity contribution is 0.203. The maximum absolute atomic E-state index is 11.9. The van der Waals surface area contributed by atoms with Gasteiger partial charge in [-0.2, -0.15) is 10.1 Å². The molecule has 2 aromatic rings. The second kappa shape index (κ2) is 11.0. The molecule has 10 heteroatoms. The number of carbonyl (C=O) groups excluding carboxylic acids is 2. The van der Waals surface area contributed by atoms with Crippen LogP contribution in [0.1, 0.15) is 12.8 Å². The summed E-state index contributed by atoms with van der Waals surface area (Å²) in [5.74, 6) is 0. The van der Waals surface area contributed by atoms with Gasteiger partial charge in [0.1, 0.15) is 0 Å². The largest absolute Gasteiger partial charge is 0.345 e. The summed E-state index contributed by atoms with van der Waals surface area (Å²) in [5, 5.41) is 26.0. The monoisotopic (exact) mass is 514 g/mol. The number of halogens is 2. The number of amides is 4. The van der Waals surface area contributed by atoms with Crippen molar-refractivity contribution in [3.8, 4) is 0 Å². The minimum absolute atomic E-state index is 0.331. The average Bonchev–Trinajstić information content (AvgIpc) is 2.70. The van der Waals surface area contributed by atoms with Crippen molar-refractivity contribution >= 4 is 55.3 Å². The number of hydroxylamine groups is 2. The van der Waals surface area contributed by atoms with Crippen LogP contribution in [0.4, 0.5) is 21.0 Å². The SMILES string of the molecule is O=C(NCCCCNC(=O)N(O)c1ccc(Br)cc1)N(O)c1ccc(Br)cc1. The maximum atomic E-state index is 11.9. The zero-order chi connectivity index (χ0) is 20.5. The van der Waals surface area contributed by atoms with Crippen LogP contribution in [0.15, 0.2) is 57.5 Å². The van der Waals surface area contributed by atoms with Crippen molar-refractivity contribution in [1.82, 2.24) is 10.6 Å². The van der Waals surface area contributed by atoms with Crippen LogP contribution in [0, 0.1) is 0 Å². The molecule has 2 rings (SSSR count). The molecule has 0 atom stereocenters. The summed E-state index contributed by atoms with van der Waals surface area (Å²) in [4.78, 5) is 23.8. The van der Waals surface area contributed by atoms with E-state index in [4.69, 9.17) is 0 Å². The van der Waals surface area contributed by atoms with Gasteiger partial charge in [-0.3, -0.25) is 10.4 Å². The van der Waals surface area contributed by atoms with Gasteiger partial charge < -0.3 is 10.6 Å². The van der Waals surface area contributed by atoms with Gasteiger partial charge >= 0.3 is 12.1 Å². The van der Waals surface area contributed by atoms with Crippen molar-refractivity contribution in [2.75, 3.05) is 23.2 Å². The molecule has 0 fully saturated rings. The summed E-state index contributed by atoms with van der Waals surface area (Å²) >= 11 is 6.56. The van der Waals surface area contributed by atoms with E-state index in [0.29, 0.717) is 47.4 Å². The second-order valence-corrected chi connectivity index (χ2v) is 7.58. The third kappa shape index (κ3) is 6.79. The molecule has 0 aliphatic carbocycles. The first-order valence-electron chi connectivity index (χ1n) is 8.43. The Hall–Kier alpha value is -2.14. The first-order chi connectivity index (χ1) is 13.4. The summed E-state index contributed by atoms with van der Waals surface area (Å²) in [6, 6.07) is 12.0. The van der Waals surface area contributed by atoms with Gasteiger partial charge in [0.05, 0.1) is 11.4 Å². The van der Waals surface area contributed by atoms with Gasteiger partial charge in [-0.15, -0.1) is 0 Å². The van der Waals surface area contributed by atoms with Crippen LogP contribution in [0.2, 0.25) is 0 Å². The number of hydrogen-bond acceptors (Lipinski definition) is 4. The number of anilines is 2. The van der Waals surface area contributed by atoms with E-state index in [1.807, 2.05) is 0 Å². The van der Waals surface area contributed by atoms with E-state index in [1.54, 1.807) is 48.5 Å². The normalized spacial score (nSPS) is 10.3. The fourth-order valence-electron chi connectivity index (χ4n) is 2.19. The summed E-state index contributed by atoms with van der Waals surface area (Å²) < 4.78 is 1.68. The topological polar surface area (TPSA) is 105 Å². The highest BCUT2D eigenvalue weighted by molar-refractivity contribution is 9.10. The summed E-state index contributed by atoms with van der Waals surface area (Å²) in [7, 11) is 0. The molecule has 150 valence electrons. The van der Waals surface area contributed by atoms with Gasteiger partial charge in [0.25, 0.3) is 0 Å². The number of nitrogens with zero attached hydrogens (tertiary/aromatic N) is 2. The van der Waals surface area contributed by atoms with E-state index in [-0.39, 0.29) is 0 Å². The van der Waals surface area contributed by atoms with E-state index < -0.39 is 12.1 Å². The number of carbonyl (C=O) groups is 2. The van der Waals surface area contributed by atoms with Crippen molar-refractivity contribution in [2.24, 2.45) is 0 Å². The van der Waals surface area contributed by atoms with Gasteiger partial charge in [-0.05, 0) is 61.4 Å². The van der Waals surface area contributed by atoms with E-state index in [0.717, 1.165) is 8.95 Å². The van der Waals surface area contributed by atoms with Crippen LogP contribution in [-0.2, 0) is 0 Å². The first kappa shape index (κ1) is 22.2. The molecule has 4 amide bonds. The number of rotatable bonds is 7. The Morgan fingerprint density at radius 1 is 0.714 bits per heavy atom. The molecule has 0 heterocycles. The van der Waals surface area contributed by atoms with Crippen LogP contribution in [0.3, 0.4) is 0 Å². The fourth-order valence-corrected chi connectivity index (χ4v) is 2.72. The molecule has 0 radical (unpaired) electrons. The average molecular weight is 516 g/mol. The lowest BCUT2D eigenvalue weighted by Crippen LogP contribution is -2.39. The number of nitrogens with one attached hydrogen (secondary N) is 2. The predicted octanol–water partition coefficient (Wildman–Crippen LogP) is 4.50. The van der Waals surface area contributed by atoms with Crippen molar-refractivity contribution in [2.45, 2.75) is 12.8 Å². The van der Waals surface area contributed by atoms with Crippen molar-refractivity contribution in [1.29, 1.82) is 0 Å². The van der Waals surface area contributed by atoms with E-state index in [1.165, 1.54) is 0 Å². The van der Waals surface area contributed by atoms with E-state index >= 15 is 0 Å². The van der Waals surface area contributed by atoms with Gasteiger partial charge in [0.2, 0.25) is 0 Å². The molecule has 0 bridgehead atoms. The molecule has 2 aromatic carbocycles. The summed E-state index contributed by atoms with van der Waals surface area (Å²) in [6.07, 6.45) is 1.17. The van der Waals surface area contributed by atoms with Crippen LogP contribution < -0.4 is 20.8 Å². The van der Waals surface area contributed by atoms with Crippen LogP contribution in [0.25, 0.3) is 0 Å². The van der Waals surface area contributed by atoms with Crippen LogP contribution in [-0.4, -0.2) is 35.6 Å². The maximum Gasteiger partial charge on any atom is 0.345 e. The third-order valence-corrected chi connectivity index (χ3v) is 4.74.